The van der Waals surface area contributed by atoms with Crippen LogP contribution in [-0.2, 0) is 4.84 Å². The Morgan fingerprint density at radius 3 is 1.77 bits per heavy atom. The van der Waals surface area contributed by atoms with Gasteiger partial charge in [-0.25, -0.2) is 0 Å². The van der Waals surface area contributed by atoms with E-state index in [2.05, 4.69) is 23.3 Å². The summed E-state index contributed by atoms with van der Waals surface area (Å²) in [5.41, 5.74) is 9.58. The number of methoxy groups -OCH3 is 4. The maximum atomic E-state index is 9.94. The van der Waals surface area contributed by atoms with E-state index in [1.807, 2.05) is 57.2 Å². The standard InChI is InChI=1S/C19H21NO4.C19H19NO4/c2*1-11-7-14(9-18(23-4)12(11)2)15-10-19(24-20-15)13-5-6-17(22-3)16(21)8-13/h5-9,19,21H,10H2,1-4H3;5-10,21H,1-4H3. The zero-order valence-electron chi connectivity index (χ0n) is 28.4. The fraction of sp³-hybridized carbons (Fsp3) is 0.263. The number of aryl methyl sites for hydroxylation is 2. The van der Waals surface area contributed by atoms with Crippen LogP contribution in [-0.4, -0.2) is 49.5 Å². The van der Waals surface area contributed by atoms with Crippen LogP contribution >= 0.6 is 0 Å². The monoisotopic (exact) mass is 652 g/mol. The molecule has 0 amide bonds. The van der Waals surface area contributed by atoms with Crippen LogP contribution in [0.3, 0.4) is 0 Å². The smallest absolute Gasteiger partial charge is 0.167 e. The Morgan fingerprint density at radius 2 is 1.19 bits per heavy atom. The van der Waals surface area contributed by atoms with E-state index in [1.165, 1.54) is 14.2 Å². The summed E-state index contributed by atoms with van der Waals surface area (Å²) >= 11 is 0. The molecule has 250 valence electrons. The highest BCUT2D eigenvalue weighted by atomic mass is 16.6. The molecule has 10 nitrogen and oxygen atoms in total. The molecule has 1 aromatic heterocycles. The molecule has 0 fully saturated rings. The Bertz CT molecular complexity index is 1960. The molecule has 0 saturated heterocycles. The highest BCUT2D eigenvalue weighted by Gasteiger charge is 2.25. The summed E-state index contributed by atoms with van der Waals surface area (Å²) in [4.78, 5) is 5.57. The minimum absolute atomic E-state index is 0.0563. The second-order valence-electron chi connectivity index (χ2n) is 11.5. The van der Waals surface area contributed by atoms with Crippen LogP contribution in [0.1, 0.15) is 45.9 Å². The van der Waals surface area contributed by atoms with Gasteiger partial charge in [-0.2, -0.15) is 0 Å². The van der Waals surface area contributed by atoms with Crippen LogP contribution in [0.25, 0.3) is 22.6 Å². The summed E-state index contributed by atoms with van der Waals surface area (Å²) in [7, 11) is 6.35. The predicted octanol–water partition coefficient (Wildman–Crippen LogP) is 8.24. The van der Waals surface area contributed by atoms with Crippen molar-refractivity contribution in [3.05, 3.63) is 100 Å². The molecule has 0 spiro atoms. The number of phenols is 2. The van der Waals surface area contributed by atoms with Crippen molar-refractivity contribution < 1.29 is 38.5 Å². The molecule has 48 heavy (non-hydrogen) atoms. The van der Waals surface area contributed by atoms with Gasteiger partial charge in [0, 0.05) is 29.2 Å². The van der Waals surface area contributed by atoms with E-state index in [0.29, 0.717) is 29.4 Å². The zero-order valence-corrected chi connectivity index (χ0v) is 28.4. The number of oxime groups is 1. The molecule has 1 atom stereocenters. The summed E-state index contributed by atoms with van der Waals surface area (Å²) in [5, 5.41) is 28.2. The lowest BCUT2D eigenvalue weighted by atomic mass is 9.97. The largest absolute Gasteiger partial charge is 0.504 e. The van der Waals surface area contributed by atoms with Crippen molar-refractivity contribution in [3.63, 3.8) is 0 Å². The fourth-order valence-corrected chi connectivity index (χ4v) is 5.42. The molecule has 2 N–H and O–H groups in total. The SMILES string of the molecule is COc1ccc(-c2cc(-c3cc(C)c(C)c(OC)c3)no2)cc1O.COc1ccc(C2CC(c3cc(C)c(C)c(OC)c3)=NO2)cc1O. The van der Waals surface area contributed by atoms with Crippen molar-refractivity contribution in [2.75, 3.05) is 28.4 Å². The molecule has 0 aliphatic carbocycles. The number of hydrogen-bond donors (Lipinski definition) is 2. The van der Waals surface area contributed by atoms with Crippen molar-refractivity contribution in [3.8, 4) is 57.1 Å². The highest BCUT2D eigenvalue weighted by molar-refractivity contribution is 6.02. The van der Waals surface area contributed by atoms with Crippen LogP contribution < -0.4 is 18.9 Å². The van der Waals surface area contributed by atoms with E-state index in [-0.39, 0.29) is 17.6 Å². The Balaban J connectivity index is 0.000000188. The molecule has 0 saturated carbocycles. The maximum Gasteiger partial charge on any atom is 0.167 e. The molecular formula is C38H40N2O8. The molecule has 0 radical (unpaired) electrons. The average molecular weight is 653 g/mol. The summed E-state index contributed by atoms with van der Waals surface area (Å²) in [6.45, 7) is 8.14. The number of nitrogens with zero attached hydrogens (tertiary/aromatic N) is 2. The number of ether oxygens (including phenoxy) is 4. The molecule has 1 aliphatic rings. The van der Waals surface area contributed by atoms with E-state index < -0.39 is 0 Å². The lowest BCUT2D eigenvalue weighted by Crippen LogP contribution is -2.03. The first-order chi connectivity index (χ1) is 23.1. The first-order valence-corrected chi connectivity index (χ1v) is 15.3. The molecule has 2 heterocycles. The van der Waals surface area contributed by atoms with E-state index in [9.17, 15) is 10.2 Å². The van der Waals surface area contributed by atoms with Crippen LogP contribution in [0.5, 0.6) is 34.5 Å². The Morgan fingerprint density at radius 1 is 0.625 bits per heavy atom. The predicted molar refractivity (Wildman–Crippen MR) is 184 cm³/mol. The second kappa shape index (κ2) is 14.4. The lowest BCUT2D eigenvalue weighted by Gasteiger charge is -2.12. The maximum absolute atomic E-state index is 9.94. The molecular weight excluding hydrogens is 612 g/mol. The zero-order chi connectivity index (χ0) is 34.5. The van der Waals surface area contributed by atoms with Gasteiger partial charge in [-0.15, -0.1) is 0 Å². The third-order valence-electron chi connectivity index (χ3n) is 8.53. The van der Waals surface area contributed by atoms with Crippen LogP contribution in [0, 0.1) is 27.7 Å². The van der Waals surface area contributed by atoms with Crippen LogP contribution in [0.4, 0.5) is 0 Å². The third kappa shape index (κ3) is 7.02. The first-order valence-electron chi connectivity index (χ1n) is 15.3. The van der Waals surface area contributed by atoms with Crippen molar-refractivity contribution >= 4 is 5.71 Å². The van der Waals surface area contributed by atoms with Gasteiger partial charge >= 0.3 is 0 Å². The van der Waals surface area contributed by atoms with Crippen LogP contribution in [0.2, 0.25) is 0 Å². The summed E-state index contributed by atoms with van der Waals surface area (Å²) in [6, 6.07) is 20.2. The number of benzene rings is 4. The molecule has 10 heteroatoms. The Labute approximate surface area is 280 Å². The van der Waals surface area contributed by atoms with Gasteiger partial charge in [0.2, 0.25) is 0 Å². The molecule has 4 aromatic carbocycles. The number of rotatable bonds is 8. The third-order valence-corrected chi connectivity index (χ3v) is 8.53. The number of phenolic OH excluding ortho intramolecular Hbond substituents is 2. The van der Waals surface area contributed by atoms with E-state index in [1.54, 1.807) is 38.5 Å². The normalized spacial score (nSPS) is 13.6. The Hall–Kier alpha value is -5.64. The topological polar surface area (TPSA) is 125 Å². The molecule has 6 rings (SSSR count). The van der Waals surface area contributed by atoms with Gasteiger partial charge in [0.05, 0.1) is 34.2 Å². The fourth-order valence-electron chi connectivity index (χ4n) is 5.42. The quantitative estimate of drug-likeness (QED) is 0.170. The second-order valence-corrected chi connectivity index (χ2v) is 11.5. The lowest BCUT2D eigenvalue weighted by molar-refractivity contribution is 0.0855. The van der Waals surface area contributed by atoms with Gasteiger partial charge in [0.15, 0.2) is 34.9 Å². The van der Waals surface area contributed by atoms with Gasteiger partial charge < -0.3 is 38.5 Å². The first kappa shape index (κ1) is 33.7. The number of hydrogen-bond acceptors (Lipinski definition) is 10. The molecule has 5 aromatic rings. The van der Waals surface area contributed by atoms with E-state index >= 15 is 0 Å². The molecule has 0 bridgehead atoms. The summed E-state index contributed by atoms with van der Waals surface area (Å²) in [5.74, 6) is 3.24. The molecule has 1 unspecified atom stereocenters. The van der Waals surface area contributed by atoms with Gasteiger partial charge in [-0.3, -0.25) is 0 Å². The summed E-state index contributed by atoms with van der Waals surface area (Å²) < 4.78 is 26.4. The van der Waals surface area contributed by atoms with Crippen molar-refractivity contribution in [2.24, 2.45) is 5.16 Å². The van der Waals surface area contributed by atoms with Crippen molar-refractivity contribution in [1.82, 2.24) is 5.16 Å². The van der Waals surface area contributed by atoms with Gasteiger partial charge in [-0.1, -0.05) is 16.4 Å². The van der Waals surface area contributed by atoms with E-state index in [0.717, 1.165) is 61.7 Å². The number of aromatic nitrogens is 1. The Kier molecular flexibility index (Phi) is 10.1. The van der Waals surface area contributed by atoms with Crippen molar-refractivity contribution in [2.45, 2.75) is 40.2 Å². The van der Waals surface area contributed by atoms with Gasteiger partial charge in [0.1, 0.15) is 17.2 Å². The summed E-state index contributed by atoms with van der Waals surface area (Å²) in [6.07, 6.45) is 0.418. The number of aromatic hydroxyl groups is 2. The van der Waals surface area contributed by atoms with Gasteiger partial charge in [0.25, 0.3) is 0 Å². The van der Waals surface area contributed by atoms with Crippen LogP contribution in [0.15, 0.2) is 76.4 Å². The van der Waals surface area contributed by atoms with Gasteiger partial charge in [-0.05, 0) is 110 Å². The molecule has 1 aliphatic heterocycles. The average Bonchev–Trinajstić information content (AvgIpc) is 3.79. The van der Waals surface area contributed by atoms with E-state index in [4.69, 9.17) is 28.3 Å². The highest BCUT2D eigenvalue weighted by Crippen LogP contribution is 2.37. The minimum atomic E-state index is -0.218. The van der Waals surface area contributed by atoms with Crippen molar-refractivity contribution in [1.29, 1.82) is 0 Å². The minimum Gasteiger partial charge on any atom is -0.504 e.